The summed E-state index contributed by atoms with van der Waals surface area (Å²) in [6.45, 7) is 7.30. The highest BCUT2D eigenvalue weighted by molar-refractivity contribution is 6.33. The van der Waals surface area contributed by atoms with E-state index in [2.05, 4.69) is 38.7 Å². The van der Waals surface area contributed by atoms with Crippen LogP contribution in [-0.2, 0) is 7.05 Å². The van der Waals surface area contributed by atoms with E-state index in [0.29, 0.717) is 11.6 Å². The zero-order chi connectivity index (χ0) is 17.3. The Morgan fingerprint density at radius 3 is 2.50 bits per heavy atom. The second-order valence-corrected chi connectivity index (χ2v) is 6.55. The third-order valence-electron chi connectivity index (χ3n) is 4.18. The molecule has 1 aliphatic heterocycles. The number of aryl methyl sites for hydroxylation is 1. The van der Waals surface area contributed by atoms with E-state index in [4.69, 9.17) is 11.6 Å². The second kappa shape index (κ2) is 6.76. The maximum Gasteiger partial charge on any atom is 0.287 e. The van der Waals surface area contributed by atoms with Gasteiger partial charge < -0.3 is 9.80 Å². The number of aromatic nitrogens is 4. The fraction of sp³-hybridized carbons (Fsp3) is 0.500. The zero-order valence-electron chi connectivity index (χ0n) is 14.1. The SMILES string of the molecule is CC(C)c1nccc(N2CCN(c3cnn(C)c(=O)c3Cl)CC2)n1. The lowest BCUT2D eigenvalue weighted by Gasteiger charge is -2.36. The van der Waals surface area contributed by atoms with E-state index >= 15 is 0 Å². The Morgan fingerprint density at radius 2 is 1.83 bits per heavy atom. The Labute approximate surface area is 145 Å². The molecule has 2 aromatic heterocycles. The largest absolute Gasteiger partial charge is 0.365 e. The van der Waals surface area contributed by atoms with Crippen LogP contribution < -0.4 is 15.4 Å². The highest BCUT2D eigenvalue weighted by Gasteiger charge is 2.22. The lowest BCUT2D eigenvalue weighted by Crippen LogP contribution is -2.47. The summed E-state index contributed by atoms with van der Waals surface area (Å²) in [7, 11) is 1.59. The maximum absolute atomic E-state index is 11.9. The summed E-state index contributed by atoms with van der Waals surface area (Å²) in [6.07, 6.45) is 3.46. The van der Waals surface area contributed by atoms with Crippen LogP contribution in [-0.4, -0.2) is 45.9 Å². The number of halogens is 1. The Bertz CT molecular complexity index is 782. The van der Waals surface area contributed by atoms with Gasteiger partial charge in [0.1, 0.15) is 16.7 Å². The Hall–Kier alpha value is -2.15. The third kappa shape index (κ3) is 3.21. The normalized spacial score (nSPS) is 15.2. The molecule has 7 nitrogen and oxygen atoms in total. The van der Waals surface area contributed by atoms with Crippen LogP contribution in [0.25, 0.3) is 0 Å². The molecule has 8 heteroatoms. The van der Waals surface area contributed by atoms with E-state index in [1.54, 1.807) is 13.2 Å². The topological polar surface area (TPSA) is 67.2 Å². The molecule has 1 aliphatic rings. The van der Waals surface area contributed by atoms with Gasteiger partial charge in [-0.15, -0.1) is 0 Å². The number of rotatable bonds is 3. The standard InChI is InChI=1S/C16H21ClN6O/c1-11(2)15-18-5-4-13(20-15)23-8-6-22(7-9-23)12-10-19-21(3)16(24)14(12)17/h4-5,10-11H,6-9H2,1-3H3. The minimum absolute atomic E-state index is 0.227. The van der Waals surface area contributed by atoms with E-state index in [1.807, 2.05) is 12.3 Å². The Balaban J connectivity index is 1.73. The van der Waals surface area contributed by atoms with Crippen molar-refractivity contribution in [3.05, 3.63) is 39.7 Å². The average molecular weight is 349 g/mol. The van der Waals surface area contributed by atoms with Crippen molar-refractivity contribution in [1.29, 1.82) is 0 Å². The quantitative estimate of drug-likeness (QED) is 0.840. The third-order valence-corrected chi connectivity index (χ3v) is 4.54. The maximum atomic E-state index is 11.9. The molecule has 0 radical (unpaired) electrons. The van der Waals surface area contributed by atoms with Crippen LogP contribution in [0.15, 0.2) is 23.3 Å². The average Bonchev–Trinajstić information content (AvgIpc) is 2.60. The minimum atomic E-state index is -0.269. The van der Waals surface area contributed by atoms with E-state index in [-0.39, 0.29) is 10.6 Å². The highest BCUT2D eigenvalue weighted by Crippen LogP contribution is 2.23. The molecule has 0 bridgehead atoms. The number of piperazine rings is 1. The molecule has 0 spiro atoms. The Morgan fingerprint density at radius 1 is 1.17 bits per heavy atom. The van der Waals surface area contributed by atoms with Crippen molar-refractivity contribution < 1.29 is 0 Å². The van der Waals surface area contributed by atoms with Crippen molar-refractivity contribution in [2.24, 2.45) is 7.05 Å². The molecule has 0 saturated carbocycles. The predicted molar refractivity (Wildman–Crippen MR) is 95.0 cm³/mol. The van der Waals surface area contributed by atoms with Gasteiger partial charge in [-0.25, -0.2) is 14.6 Å². The fourth-order valence-corrected chi connectivity index (χ4v) is 3.01. The van der Waals surface area contributed by atoms with Gasteiger partial charge in [0.2, 0.25) is 0 Å². The predicted octanol–water partition coefficient (Wildman–Crippen LogP) is 1.67. The first-order valence-electron chi connectivity index (χ1n) is 8.02. The van der Waals surface area contributed by atoms with Crippen LogP contribution in [0.2, 0.25) is 5.02 Å². The summed E-state index contributed by atoms with van der Waals surface area (Å²) in [5.41, 5.74) is 0.430. The van der Waals surface area contributed by atoms with Crippen molar-refractivity contribution in [2.75, 3.05) is 36.0 Å². The zero-order valence-corrected chi connectivity index (χ0v) is 14.9. The summed E-state index contributed by atoms with van der Waals surface area (Å²) in [5.74, 6) is 2.10. The molecule has 0 aliphatic carbocycles. The van der Waals surface area contributed by atoms with Crippen LogP contribution in [0.4, 0.5) is 11.5 Å². The van der Waals surface area contributed by atoms with Crippen molar-refractivity contribution in [3.8, 4) is 0 Å². The van der Waals surface area contributed by atoms with Gasteiger partial charge in [0.15, 0.2) is 0 Å². The van der Waals surface area contributed by atoms with Crippen molar-refractivity contribution in [2.45, 2.75) is 19.8 Å². The minimum Gasteiger partial charge on any atom is -0.365 e. The van der Waals surface area contributed by atoms with Crippen LogP contribution in [0.5, 0.6) is 0 Å². The Kier molecular flexibility index (Phi) is 4.71. The number of hydrogen-bond donors (Lipinski definition) is 0. The second-order valence-electron chi connectivity index (χ2n) is 6.17. The number of anilines is 2. The first-order valence-corrected chi connectivity index (χ1v) is 8.40. The molecule has 0 aromatic carbocycles. The van der Waals surface area contributed by atoms with Gasteiger partial charge in [0, 0.05) is 45.3 Å². The van der Waals surface area contributed by atoms with Gasteiger partial charge in [-0.3, -0.25) is 4.79 Å². The van der Waals surface area contributed by atoms with Crippen LogP contribution in [0, 0.1) is 0 Å². The molecule has 0 unspecified atom stereocenters. The fourth-order valence-electron chi connectivity index (χ4n) is 2.72. The number of nitrogens with zero attached hydrogens (tertiary/aromatic N) is 6. The van der Waals surface area contributed by atoms with E-state index in [0.717, 1.165) is 37.8 Å². The molecule has 24 heavy (non-hydrogen) atoms. The van der Waals surface area contributed by atoms with Gasteiger partial charge in [0.25, 0.3) is 5.56 Å². The molecule has 3 rings (SSSR count). The highest BCUT2D eigenvalue weighted by atomic mass is 35.5. The molecular formula is C16H21ClN6O. The van der Waals surface area contributed by atoms with Crippen LogP contribution >= 0.6 is 11.6 Å². The lowest BCUT2D eigenvalue weighted by atomic mass is 10.2. The van der Waals surface area contributed by atoms with Gasteiger partial charge in [-0.2, -0.15) is 5.10 Å². The van der Waals surface area contributed by atoms with Crippen molar-refractivity contribution in [3.63, 3.8) is 0 Å². The van der Waals surface area contributed by atoms with Gasteiger partial charge in [0.05, 0.1) is 11.9 Å². The first-order chi connectivity index (χ1) is 11.5. The summed E-state index contributed by atoms with van der Waals surface area (Å²) >= 11 is 6.19. The molecule has 0 N–H and O–H groups in total. The van der Waals surface area contributed by atoms with Crippen molar-refractivity contribution >= 4 is 23.1 Å². The molecular weight excluding hydrogens is 328 g/mol. The summed E-state index contributed by atoms with van der Waals surface area (Å²) in [4.78, 5) is 25.2. The van der Waals surface area contributed by atoms with Gasteiger partial charge in [-0.05, 0) is 6.07 Å². The van der Waals surface area contributed by atoms with E-state index < -0.39 is 0 Å². The molecule has 3 heterocycles. The summed E-state index contributed by atoms with van der Waals surface area (Å²) < 4.78 is 1.25. The monoisotopic (exact) mass is 348 g/mol. The smallest absolute Gasteiger partial charge is 0.287 e. The molecule has 128 valence electrons. The van der Waals surface area contributed by atoms with E-state index in [1.165, 1.54) is 4.68 Å². The lowest BCUT2D eigenvalue weighted by molar-refractivity contribution is 0.634. The summed E-state index contributed by atoms with van der Waals surface area (Å²) in [6, 6.07) is 1.94. The van der Waals surface area contributed by atoms with E-state index in [9.17, 15) is 4.79 Å². The van der Waals surface area contributed by atoms with Crippen LogP contribution in [0.1, 0.15) is 25.6 Å². The van der Waals surface area contributed by atoms with Gasteiger partial charge in [-0.1, -0.05) is 25.4 Å². The van der Waals surface area contributed by atoms with Gasteiger partial charge >= 0.3 is 0 Å². The van der Waals surface area contributed by atoms with Crippen LogP contribution in [0.3, 0.4) is 0 Å². The molecule has 1 saturated heterocycles. The summed E-state index contributed by atoms with van der Waals surface area (Å²) in [5, 5.41) is 4.29. The van der Waals surface area contributed by atoms with Crippen molar-refractivity contribution in [1.82, 2.24) is 19.7 Å². The molecule has 0 amide bonds. The molecule has 0 atom stereocenters. The molecule has 1 fully saturated rings. The first kappa shape index (κ1) is 16.7. The molecule has 2 aromatic rings. The number of hydrogen-bond acceptors (Lipinski definition) is 6.